The van der Waals surface area contributed by atoms with Gasteiger partial charge in [0.15, 0.2) is 5.78 Å². The van der Waals surface area contributed by atoms with E-state index in [4.69, 9.17) is 4.42 Å². The molecule has 1 heterocycles. The lowest BCUT2D eigenvalue weighted by molar-refractivity contribution is -0.384. The average Bonchev–Trinajstić information content (AvgIpc) is 3.21. The van der Waals surface area contributed by atoms with E-state index in [-0.39, 0.29) is 16.4 Å². The van der Waals surface area contributed by atoms with Crippen LogP contribution in [-0.2, 0) is 10.0 Å². The third-order valence-electron chi connectivity index (χ3n) is 4.31. The lowest BCUT2D eigenvalue weighted by Gasteiger charge is -2.11. The third-order valence-corrected chi connectivity index (χ3v) is 6.14. The van der Waals surface area contributed by atoms with Crippen molar-refractivity contribution in [1.29, 1.82) is 0 Å². The minimum Gasteiger partial charge on any atom is -0.457 e. The zero-order valence-corrected chi connectivity index (χ0v) is 17.0. The number of rotatable bonds is 7. The van der Waals surface area contributed by atoms with Crippen LogP contribution >= 0.6 is 0 Å². The summed E-state index contributed by atoms with van der Waals surface area (Å²) in [4.78, 5) is 22.7. The van der Waals surface area contributed by atoms with Gasteiger partial charge < -0.3 is 4.42 Å². The molecule has 0 aliphatic heterocycles. The van der Waals surface area contributed by atoms with Crippen LogP contribution in [0.25, 0.3) is 17.4 Å². The number of non-ortho nitro benzene ring substituents is 1. The van der Waals surface area contributed by atoms with Crippen molar-refractivity contribution >= 4 is 27.6 Å². The number of hydrogen-bond donors (Lipinski definition) is 0. The van der Waals surface area contributed by atoms with Crippen LogP contribution in [0.3, 0.4) is 0 Å². The molecule has 0 amide bonds. The van der Waals surface area contributed by atoms with Crippen molar-refractivity contribution in [3.05, 3.63) is 88.2 Å². The Morgan fingerprint density at radius 2 is 1.63 bits per heavy atom. The highest BCUT2D eigenvalue weighted by molar-refractivity contribution is 7.89. The normalized spacial score (nSPS) is 11.8. The molecule has 0 N–H and O–H groups in total. The molecule has 0 radical (unpaired) electrons. The summed E-state index contributed by atoms with van der Waals surface area (Å²) in [7, 11) is -0.682. The quantitative estimate of drug-likeness (QED) is 0.244. The summed E-state index contributed by atoms with van der Waals surface area (Å²) < 4.78 is 30.9. The summed E-state index contributed by atoms with van der Waals surface area (Å²) >= 11 is 0. The standard InChI is InChI=1S/C21H18N2O6S/c1-22(2)30(27,28)19-11-5-15(6-12-19)20(24)13-9-18-10-14-21(29-18)16-3-7-17(8-4-16)23(25)26/h3-14H,1-2H3/b13-9+. The monoisotopic (exact) mass is 426 g/mol. The Bertz CT molecular complexity index is 1210. The van der Waals surface area contributed by atoms with Gasteiger partial charge in [0.2, 0.25) is 10.0 Å². The molecule has 0 unspecified atom stereocenters. The van der Waals surface area contributed by atoms with E-state index in [1.165, 1.54) is 62.6 Å². The number of allylic oxidation sites excluding steroid dienone is 1. The van der Waals surface area contributed by atoms with Crippen LogP contribution in [0.1, 0.15) is 16.1 Å². The number of furan rings is 1. The van der Waals surface area contributed by atoms with Crippen molar-refractivity contribution in [2.45, 2.75) is 4.90 Å². The molecule has 0 spiro atoms. The number of nitrogens with zero attached hydrogens (tertiary/aromatic N) is 2. The van der Waals surface area contributed by atoms with E-state index in [0.717, 1.165) is 4.31 Å². The first-order valence-corrected chi connectivity index (χ1v) is 10.2. The van der Waals surface area contributed by atoms with Crippen molar-refractivity contribution < 1.29 is 22.6 Å². The predicted octanol–water partition coefficient (Wildman–Crippen LogP) is 4.00. The molecule has 8 nitrogen and oxygen atoms in total. The SMILES string of the molecule is CN(C)S(=O)(=O)c1ccc(C(=O)/C=C/c2ccc(-c3ccc([N+](=O)[O-])cc3)o2)cc1. The van der Waals surface area contributed by atoms with Crippen LogP contribution in [0.5, 0.6) is 0 Å². The van der Waals surface area contributed by atoms with Gasteiger partial charge in [-0.25, -0.2) is 12.7 Å². The van der Waals surface area contributed by atoms with Gasteiger partial charge in [0.05, 0.1) is 9.82 Å². The number of benzene rings is 2. The molecule has 3 rings (SSSR count). The van der Waals surface area contributed by atoms with Gasteiger partial charge in [-0.1, -0.05) is 0 Å². The minimum atomic E-state index is -3.55. The number of nitro groups is 1. The van der Waals surface area contributed by atoms with Crippen molar-refractivity contribution in [1.82, 2.24) is 4.31 Å². The first-order chi connectivity index (χ1) is 14.2. The van der Waals surface area contributed by atoms with Gasteiger partial charge in [-0.05, 0) is 60.7 Å². The highest BCUT2D eigenvalue weighted by Gasteiger charge is 2.17. The molecule has 154 valence electrons. The molecule has 2 aromatic carbocycles. The molecule has 0 saturated carbocycles. The Kier molecular flexibility index (Phi) is 5.95. The fourth-order valence-corrected chi connectivity index (χ4v) is 3.50. The first-order valence-electron chi connectivity index (χ1n) is 8.78. The molecule has 0 atom stereocenters. The number of sulfonamides is 1. The van der Waals surface area contributed by atoms with Gasteiger partial charge in [0.1, 0.15) is 11.5 Å². The van der Waals surface area contributed by atoms with Gasteiger partial charge in [-0.15, -0.1) is 0 Å². The van der Waals surface area contributed by atoms with E-state index < -0.39 is 14.9 Å². The van der Waals surface area contributed by atoms with E-state index in [1.807, 2.05) is 0 Å². The molecule has 3 aromatic rings. The number of carbonyl (C=O) groups is 1. The minimum absolute atomic E-state index is 0.0135. The first kappa shape index (κ1) is 21.2. The molecule has 9 heteroatoms. The molecular formula is C21H18N2O6S. The number of carbonyl (C=O) groups excluding carboxylic acids is 1. The van der Waals surface area contributed by atoms with Crippen molar-refractivity contribution in [3.8, 4) is 11.3 Å². The summed E-state index contributed by atoms with van der Waals surface area (Å²) in [6, 6.07) is 15.0. The highest BCUT2D eigenvalue weighted by atomic mass is 32.2. The van der Waals surface area contributed by atoms with Crippen LogP contribution in [0.4, 0.5) is 5.69 Å². The maximum Gasteiger partial charge on any atom is 0.269 e. The van der Waals surface area contributed by atoms with Gasteiger partial charge in [0.25, 0.3) is 5.69 Å². The average molecular weight is 426 g/mol. The van der Waals surface area contributed by atoms with E-state index >= 15 is 0 Å². The zero-order chi connectivity index (χ0) is 21.9. The van der Waals surface area contributed by atoms with E-state index in [2.05, 4.69) is 0 Å². The smallest absolute Gasteiger partial charge is 0.269 e. The van der Waals surface area contributed by atoms with Crippen LogP contribution in [0.15, 0.2) is 76.1 Å². The van der Waals surface area contributed by atoms with Crippen LogP contribution in [-0.4, -0.2) is 37.5 Å². The second-order valence-corrected chi connectivity index (χ2v) is 8.67. The van der Waals surface area contributed by atoms with Crippen molar-refractivity contribution in [3.63, 3.8) is 0 Å². The van der Waals surface area contributed by atoms with E-state index in [1.54, 1.807) is 24.3 Å². The second-order valence-electron chi connectivity index (χ2n) is 6.52. The topological polar surface area (TPSA) is 111 Å². The predicted molar refractivity (Wildman–Crippen MR) is 111 cm³/mol. The van der Waals surface area contributed by atoms with Gasteiger partial charge in [-0.2, -0.15) is 0 Å². The lowest BCUT2D eigenvalue weighted by atomic mass is 10.1. The van der Waals surface area contributed by atoms with Crippen LogP contribution in [0, 0.1) is 10.1 Å². The molecule has 0 bridgehead atoms. The van der Waals surface area contributed by atoms with Crippen LogP contribution < -0.4 is 0 Å². The molecule has 0 saturated heterocycles. The Labute approximate surface area is 173 Å². The summed E-state index contributed by atoms with van der Waals surface area (Å²) in [5.41, 5.74) is 0.996. The Balaban J connectivity index is 1.72. The number of nitro benzene ring substituents is 1. The Morgan fingerprint density at radius 1 is 1.00 bits per heavy atom. The zero-order valence-electron chi connectivity index (χ0n) is 16.2. The fourth-order valence-electron chi connectivity index (χ4n) is 2.60. The van der Waals surface area contributed by atoms with E-state index in [0.29, 0.717) is 22.6 Å². The van der Waals surface area contributed by atoms with E-state index in [9.17, 15) is 23.3 Å². The maximum atomic E-state index is 12.3. The van der Waals surface area contributed by atoms with Gasteiger partial charge in [-0.3, -0.25) is 14.9 Å². The fraction of sp³-hybridized carbons (Fsp3) is 0.0952. The molecule has 30 heavy (non-hydrogen) atoms. The molecule has 0 aliphatic carbocycles. The van der Waals surface area contributed by atoms with Gasteiger partial charge >= 0.3 is 0 Å². The second kappa shape index (κ2) is 8.44. The summed E-state index contributed by atoms with van der Waals surface area (Å²) in [6.07, 6.45) is 2.83. The summed E-state index contributed by atoms with van der Waals surface area (Å²) in [6.45, 7) is 0. The third kappa shape index (κ3) is 4.53. The maximum absolute atomic E-state index is 12.3. The highest BCUT2D eigenvalue weighted by Crippen LogP contribution is 2.25. The largest absolute Gasteiger partial charge is 0.457 e. The lowest BCUT2D eigenvalue weighted by Crippen LogP contribution is -2.22. The number of hydrogen-bond acceptors (Lipinski definition) is 6. The Morgan fingerprint density at radius 3 is 2.20 bits per heavy atom. The summed E-state index contributed by atoms with van der Waals surface area (Å²) in [5, 5.41) is 10.7. The Hall–Kier alpha value is -3.56. The molecule has 1 aromatic heterocycles. The van der Waals surface area contributed by atoms with Gasteiger partial charge in [0, 0.05) is 37.4 Å². The van der Waals surface area contributed by atoms with Crippen molar-refractivity contribution in [2.75, 3.05) is 14.1 Å². The number of ketones is 1. The molecule has 0 aliphatic rings. The van der Waals surface area contributed by atoms with Crippen LogP contribution in [0.2, 0.25) is 0 Å². The molecular weight excluding hydrogens is 408 g/mol. The molecule has 0 fully saturated rings. The van der Waals surface area contributed by atoms with Crippen molar-refractivity contribution in [2.24, 2.45) is 0 Å². The summed E-state index contributed by atoms with van der Waals surface area (Å²) in [5.74, 6) is 0.635.